The van der Waals surface area contributed by atoms with Crippen molar-refractivity contribution in [3.05, 3.63) is 76.7 Å². The van der Waals surface area contributed by atoms with Crippen molar-refractivity contribution in [1.82, 2.24) is 5.16 Å². The Morgan fingerprint density at radius 3 is 2.43 bits per heavy atom. The van der Waals surface area contributed by atoms with Gasteiger partial charge in [-0.3, -0.25) is 9.59 Å². The van der Waals surface area contributed by atoms with Crippen molar-refractivity contribution in [1.29, 1.82) is 0 Å². The van der Waals surface area contributed by atoms with E-state index >= 15 is 0 Å². The smallest absolute Gasteiger partial charge is 0.260 e. The van der Waals surface area contributed by atoms with E-state index < -0.39 is 0 Å². The first-order valence-electron chi connectivity index (χ1n) is 9.32. The third kappa shape index (κ3) is 3.96. The average Bonchev–Trinajstić information content (AvgIpc) is 3.31. The van der Waals surface area contributed by atoms with Crippen molar-refractivity contribution in [2.75, 3.05) is 10.6 Å². The number of hydrogen-bond acceptors (Lipinski definition) is 4. The lowest BCUT2D eigenvalue weighted by Crippen LogP contribution is -2.15. The molecular weight excluding hydrogens is 354 g/mol. The number of benzene rings is 2. The number of rotatable bonds is 5. The van der Waals surface area contributed by atoms with Gasteiger partial charge in [0.25, 0.3) is 5.91 Å². The van der Waals surface area contributed by atoms with Crippen molar-refractivity contribution < 1.29 is 14.1 Å². The third-order valence-electron chi connectivity index (χ3n) is 4.95. The molecular formula is C22H21N3O3. The number of fused-ring (bicyclic) bond motifs is 1. The van der Waals surface area contributed by atoms with Crippen LogP contribution in [-0.4, -0.2) is 17.0 Å². The van der Waals surface area contributed by atoms with Gasteiger partial charge in [0.2, 0.25) is 5.91 Å². The molecule has 0 saturated heterocycles. The molecule has 1 aliphatic rings. The van der Waals surface area contributed by atoms with Crippen LogP contribution in [0.15, 0.2) is 53.2 Å². The molecule has 4 rings (SSSR count). The van der Waals surface area contributed by atoms with Crippen LogP contribution in [0.4, 0.5) is 11.4 Å². The summed E-state index contributed by atoms with van der Waals surface area (Å²) in [7, 11) is 0. The molecule has 2 N–H and O–H groups in total. The van der Waals surface area contributed by atoms with Gasteiger partial charge in [-0.15, -0.1) is 0 Å². The molecule has 1 aromatic heterocycles. The minimum absolute atomic E-state index is 0.0603. The largest absolute Gasteiger partial charge is 0.361 e. The minimum atomic E-state index is -0.285. The van der Waals surface area contributed by atoms with Gasteiger partial charge in [-0.2, -0.15) is 0 Å². The zero-order valence-electron chi connectivity index (χ0n) is 15.6. The van der Waals surface area contributed by atoms with Crippen LogP contribution in [0.2, 0.25) is 0 Å². The first-order chi connectivity index (χ1) is 13.6. The summed E-state index contributed by atoms with van der Waals surface area (Å²) in [6.07, 6.45) is 5.18. The highest BCUT2D eigenvalue weighted by atomic mass is 16.5. The van der Waals surface area contributed by atoms with Gasteiger partial charge in [0.1, 0.15) is 11.3 Å². The first-order valence-corrected chi connectivity index (χ1v) is 9.32. The Kier molecular flexibility index (Phi) is 4.93. The highest BCUT2D eigenvalue weighted by Crippen LogP contribution is 2.23. The molecule has 3 aromatic rings. The number of nitrogens with zero attached hydrogens (tertiary/aromatic N) is 1. The molecule has 2 aromatic carbocycles. The van der Waals surface area contributed by atoms with Crippen LogP contribution in [0.1, 0.15) is 39.2 Å². The summed E-state index contributed by atoms with van der Waals surface area (Å²) in [5, 5.41) is 9.28. The molecule has 6 heteroatoms. The fourth-order valence-corrected chi connectivity index (χ4v) is 3.48. The number of hydrogen-bond donors (Lipinski definition) is 2. The maximum Gasteiger partial charge on any atom is 0.260 e. The van der Waals surface area contributed by atoms with Gasteiger partial charge >= 0.3 is 0 Å². The summed E-state index contributed by atoms with van der Waals surface area (Å²) in [6, 6.07) is 13.3. The molecule has 28 heavy (non-hydrogen) atoms. The maximum absolute atomic E-state index is 12.3. The normalized spacial score (nSPS) is 12.5. The topological polar surface area (TPSA) is 84.2 Å². The van der Waals surface area contributed by atoms with Gasteiger partial charge in [-0.05, 0) is 67.1 Å². The molecule has 1 aliphatic carbocycles. The number of amides is 2. The number of anilines is 2. The molecule has 0 fully saturated rings. The van der Waals surface area contributed by atoms with E-state index in [-0.39, 0.29) is 11.8 Å². The van der Waals surface area contributed by atoms with E-state index in [0.717, 1.165) is 18.4 Å². The molecule has 2 amide bonds. The number of aromatic nitrogens is 1. The molecule has 0 bridgehead atoms. The Morgan fingerprint density at radius 1 is 1.00 bits per heavy atom. The molecule has 0 spiro atoms. The van der Waals surface area contributed by atoms with Crippen LogP contribution in [-0.2, 0) is 24.1 Å². The van der Waals surface area contributed by atoms with Gasteiger partial charge in [0, 0.05) is 11.4 Å². The highest BCUT2D eigenvalue weighted by Gasteiger charge is 2.14. The fourth-order valence-electron chi connectivity index (χ4n) is 3.48. The van der Waals surface area contributed by atoms with Gasteiger partial charge in [-0.25, -0.2) is 0 Å². The van der Waals surface area contributed by atoms with Crippen LogP contribution < -0.4 is 10.6 Å². The van der Waals surface area contributed by atoms with Gasteiger partial charge in [0.15, 0.2) is 0 Å². The van der Waals surface area contributed by atoms with Gasteiger partial charge in [0.05, 0.1) is 12.6 Å². The fraction of sp³-hybridized carbons (Fsp3) is 0.227. The zero-order valence-corrected chi connectivity index (χ0v) is 15.6. The van der Waals surface area contributed by atoms with Crippen LogP contribution >= 0.6 is 0 Å². The lowest BCUT2D eigenvalue weighted by atomic mass is 10.0. The van der Waals surface area contributed by atoms with Crippen molar-refractivity contribution in [2.24, 2.45) is 0 Å². The Morgan fingerprint density at radius 2 is 1.71 bits per heavy atom. The van der Waals surface area contributed by atoms with Crippen molar-refractivity contribution >= 4 is 23.2 Å². The number of carbonyl (C=O) groups excluding carboxylic acids is 2. The van der Waals surface area contributed by atoms with Crippen LogP contribution in [0.5, 0.6) is 0 Å². The molecule has 6 nitrogen and oxygen atoms in total. The van der Waals surface area contributed by atoms with E-state index in [9.17, 15) is 9.59 Å². The maximum atomic E-state index is 12.3. The molecule has 0 saturated carbocycles. The van der Waals surface area contributed by atoms with Crippen LogP contribution in [0, 0.1) is 6.92 Å². The lowest BCUT2D eigenvalue weighted by Gasteiger charge is -2.09. The zero-order chi connectivity index (χ0) is 19.5. The summed E-state index contributed by atoms with van der Waals surface area (Å²) >= 11 is 0. The van der Waals surface area contributed by atoms with Crippen LogP contribution in [0.25, 0.3) is 0 Å². The Hall–Kier alpha value is -3.41. The molecule has 0 aliphatic heterocycles. The van der Waals surface area contributed by atoms with E-state index in [0.29, 0.717) is 29.1 Å². The number of nitrogens with one attached hydrogen (secondary N) is 2. The predicted molar refractivity (Wildman–Crippen MR) is 106 cm³/mol. The average molecular weight is 375 g/mol. The Balaban J connectivity index is 1.34. The van der Waals surface area contributed by atoms with Gasteiger partial charge < -0.3 is 15.2 Å². The molecule has 0 radical (unpaired) electrons. The van der Waals surface area contributed by atoms with E-state index in [4.69, 9.17) is 4.52 Å². The summed E-state index contributed by atoms with van der Waals surface area (Å²) in [5.74, 6) is 0.120. The SMILES string of the molecule is Cc1oncc1C(=O)Nc1ccc(NC(=O)Cc2ccc3c(c2)CCC3)cc1. The van der Waals surface area contributed by atoms with Crippen LogP contribution in [0.3, 0.4) is 0 Å². The van der Waals surface area contributed by atoms with E-state index in [1.165, 1.54) is 23.7 Å². The van der Waals surface area contributed by atoms with E-state index in [1.54, 1.807) is 31.2 Å². The van der Waals surface area contributed by atoms with Crippen molar-refractivity contribution in [3.63, 3.8) is 0 Å². The van der Waals surface area contributed by atoms with E-state index in [2.05, 4.69) is 27.9 Å². The summed E-state index contributed by atoms with van der Waals surface area (Å²) in [5.41, 5.74) is 5.52. The number of aryl methyl sites for hydroxylation is 3. The second-order valence-corrected chi connectivity index (χ2v) is 7.01. The van der Waals surface area contributed by atoms with Crippen molar-refractivity contribution in [2.45, 2.75) is 32.6 Å². The first kappa shape index (κ1) is 18.0. The van der Waals surface area contributed by atoms with Gasteiger partial charge in [-0.1, -0.05) is 23.4 Å². The molecule has 0 atom stereocenters. The molecule has 1 heterocycles. The third-order valence-corrected chi connectivity index (χ3v) is 4.95. The minimum Gasteiger partial charge on any atom is -0.361 e. The summed E-state index contributed by atoms with van der Waals surface area (Å²) in [4.78, 5) is 24.5. The Bertz CT molecular complexity index is 1020. The monoisotopic (exact) mass is 375 g/mol. The summed E-state index contributed by atoms with van der Waals surface area (Å²) in [6.45, 7) is 1.68. The quantitative estimate of drug-likeness (QED) is 0.708. The number of carbonyl (C=O) groups is 2. The van der Waals surface area contributed by atoms with E-state index in [1.807, 2.05) is 6.07 Å². The second-order valence-electron chi connectivity index (χ2n) is 7.01. The molecule has 0 unspecified atom stereocenters. The standard InChI is InChI=1S/C22H21N3O3/c1-14-20(13-23-28-14)22(27)25-19-9-7-18(8-10-19)24-21(26)12-15-5-6-16-3-2-4-17(16)11-15/h5-11,13H,2-4,12H2,1H3,(H,24,26)(H,25,27). The highest BCUT2D eigenvalue weighted by molar-refractivity contribution is 6.04. The Labute approximate surface area is 162 Å². The second kappa shape index (κ2) is 7.68. The molecule has 142 valence electrons. The lowest BCUT2D eigenvalue weighted by molar-refractivity contribution is -0.115. The summed E-state index contributed by atoms with van der Waals surface area (Å²) < 4.78 is 4.90. The predicted octanol–water partition coefficient (Wildman–Crippen LogP) is 3.91. The van der Waals surface area contributed by atoms with Crippen molar-refractivity contribution in [3.8, 4) is 0 Å².